The zero-order valence-corrected chi connectivity index (χ0v) is 15.8. The Balaban J connectivity index is 1.45. The summed E-state index contributed by atoms with van der Waals surface area (Å²) in [5.74, 6) is 0.587. The zero-order chi connectivity index (χ0) is 19.7. The quantitative estimate of drug-likeness (QED) is 0.729. The van der Waals surface area contributed by atoms with E-state index in [1.807, 2.05) is 53.9 Å². The van der Waals surface area contributed by atoms with Gasteiger partial charge in [-0.25, -0.2) is 0 Å². The van der Waals surface area contributed by atoms with Crippen LogP contribution in [0, 0.1) is 12.8 Å². The minimum Gasteiger partial charge on any atom is -0.495 e. The van der Waals surface area contributed by atoms with Crippen LogP contribution in [0.5, 0.6) is 5.75 Å². The summed E-state index contributed by atoms with van der Waals surface area (Å²) >= 11 is 0. The number of aryl methyl sites for hydroxylation is 1. The first-order valence-electron chi connectivity index (χ1n) is 9.08. The first-order valence-corrected chi connectivity index (χ1v) is 9.08. The molecule has 1 aliphatic heterocycles. The van der Waals surface area contributed by atoms with Crippen molar-refractivity contribution in [2.75, 3.05) is 18.6 Å². The van der Waals surface area contributed by atoms with Gasteiger partial charge in [-0.1, -0.05) is 12.1 Å². The van der Waals surface area contributed by atoms with E-state index >= 15 is 0 Å². The summed E-state index contributed by atoms with van der Waals surface area (Å²) in [5, 5.41) is 11.1. The molecule has 3 heterocycles. The third-order valence-corrected chi connectivity index (χ3v) is 4.93. The highest BCUT2D eigenvalue weighted by Gasteiger charge is 2.36. The van der Waals surface area contributed by atoms with E-state index in [0.717, 1.165) is 11.2 Å². The lowest BCUT2D eigenvalue weighted by Gasteiger charge is -2.20. The molecular weight excluding hydrogens is 358 g/mol. The van der Waals surface area contributed by atoms with Gasteiger partial charge in [0.05, 0.1) is 25.3 Å². The van der Waals surface area contributed by atoms with Crippen molar-refractivity contribution in [3.63, 3.8) is 0 Å². The lowest BCUT2D eigenvalue weighted by Crippen LogP contribution is -2.33. The molecule has 0 bridgehead atoms. The second-order valence-electron chi connectivity index (χ2n) is 6.84. The Kier molecular flexibility index (Phi) is 4.68. The van der Waals surface area contributed by atoms with Crippen LogP contribution in [0.1, 0.15) is 17.8 Å². The monoisotopic (exact) mass is 379 g/mol. The largest absolute Gasteiger partial charge is 0.495 e. The van der Waals surface area contributed by atoms with E-state index in [1.54, 1.807) is 12.0 Å². The van der Waals surface area contributed by atoms with Gasteiger partial charge >= 0.3 is 0 Å². The number of nitrogens with zero attached hydrogens (tertiary/aromatic N) is 4. The third-order valence-electron chi connectivity index (χ3n) is 4.93. The van der Waals surface area contributed by atoms with Crippen molar-refractivity contribution in [3.05, 3.63) is 54.0 Å². The Morgan fingerprint density at radius 1 is 1.29 bits per heavy atom. The van der Waals surface area contributed by atoms with Crippen LogP contribution < -0.4 is 15.0 Å². The minimum absolute atomic E-state index is 0.0861. The van der Waals surface area contributed by atoms with Gasteiger partial charge in [0.15, 0.2) is 11.5 Å². The Bertz CT molecular complexity index is 1050. The number of amides is 2. The molecule has 1 fully saturated rings. The Hall–Kier alpha value is -3.42. The second kappa shape index (κ2) is 7.30. The summed E-state index contributed by atoms with van der Waals surface area (Å²) in [6.07, 6.45) is 2.02. The van der Waals surface area contributed by atoms with Gasteiger partial charge in [0, 0.05) is 19.2 Å². The highest BCUT2D eigenvalue weighted by Crippen LogP contribution is 2.33. The molecule has 28 heavy (non-hydrogen) atoms. The predicted molar refractivity (Wildman–Crippen MR) is 103 cm³/mol. The molecule has 1 unspecified atom stereocenters. The number of hydrogen-bond donors (Lipinski definition) is 1. The Morgan fingerprint density at radius 2 is 2.14 bits per heavy atom. The minimum atomic E-state index is -0.420. The molecule has 1 aliphatic rings. The third kappa shape index (κ3) is 3.28. The van der Waals surface area contributed by atoms with Crippen LogP contribution in [0.3, 0.4) is 0 Å². The van der Waals surface area contributed by atoms with Gasteiger partial charge in [-0.3, -0.25) is 14.0 Å². The number of ether oxygens (including phenoxy) is 1. The standard InChI is InChI=1S/C20H21N5O3/c1-13-6-7-16(28-2)15(9-13)25-12-14(10-19(25)26)20(27)21-11-18-23-22-17-5-3-4-8-24(17)18/h3-9,14H,10-12H2,1-2H3,(H,21,27). The maximum Gasteiger partial charge on any atom is 0.227 e. The molecule has 1 atom stereocenters. The number of rotatable bonds is 5. The van der Waals surface area contributed by atoms with Crippen LogP contribution in [0.4, 0.5) is 5.69 Å². The Labute approximate surface area is 162 Å². The van der Waals surface area contributed by atoms with E-state index in [-0.39, 0.29) is 24.8 Å². The van der Waals surface area contributed by atoms with Gasteiger partial charge in [-0.15, -0.1) is 10.2 Å². The zero-order valence-electron chi connectivity index (χ0n) is 15.8. The van der Waals surface area contributed by atoms with E-state index < -0.39 is 5.92 Å². The lowest BCUT2D eigenvalue weighted by atomic mass is 10.1. The number of pyridine rings is 1. The first kappa shape index (κ1) is 18.0. The number of benzene rings is 1. The number of anilines is 1. The van der Waals surface area contributed by atoms with Crippen LogP contribution in [0.2, 0.25) is 0 Å². The number of hydrogen-bond acceptors (Lipinski definition) is 5. The first-order chi connectivity index (χ1) is 13.6. The summed E-state index contributed by atoms with van der Waals surface area (Å²) < 4.78 is 7.21. The molecular formula is C20H21N5O3. The van der Waals surface area contributed by atoms with Gasteiger partial charge in [0.1, 0.15) is 5.75 Å². The van der Waals surface area contributed by atoms with E-state index in [0.29, 0.717) is 23.8 Å². The van der Waals surface area contributed by atoms with Gasteiger partial charge in [-0.05, 0) is 36.8 Å². The van der Waals surface area contributed by atoms with E-state index in [9.17, 15) is 9.59 Å². The van der Waals surface area contributed by atoms with Gasteiger partial charge < -0.3 is 15.0 Å². The molecule has 0 saturated carbocycles. The normalized spacial score (nSPS) is 16.6. The van der Waals surface area contributed by atoms with E-state index in [2.05, 4.69) is 15.5 Å². The van der Waals surface area contributed by atoms with Crippen molar-refractivity contribution in [1.82, 2.24) is 19.9 Å². The molecule has 8 heteroatoms. The summed E-state index contributed by atoms with van der Waals surface area (Å²) in [7, 11) is 1.57. The molecule has 2 aromatic heterocycles. The number of nitrogens with one attached hydrogen (secondary N) is 1. The van der Waals surface area contributed by atoms with Gasteiger partial charge in [-0.2, -0.15) is 0 Å². The van der Waals surface area contributed by atoms with Crippen LogP contribution in [0.25, 0.3) is 5.65 Å². The lowest BCUT2D eigenvalue weighted by molar-refractivity contribution is -0.126. The highest BCUT2D eigenvalue weighted by molar-refractivity contribution is 6.01. The topological polar surface area (TPSA) is 88.8 Å². The molecule has 3 aromatic rings. The van der Waals surface area contributed by atoms with Crippen molar-refractivity contribution in [3.8, 4) is 5.75 Å². The van der Waals surface area contributed by atoms with Crippen LogP contribution >= 0.6 is 0 Å². The van der Waals surface area contributed by atoms with E-state index in [4.69, 9.17) is 4.74 Å². The molecule has 1 N–H and O–H groups in total. The van der Waals surface area contributed by atoms with Gasteiger partial charge in [0.2, 0.25) is 11.8 Å². The molecule has 4 rings (SSSR count). The smallest absolute Gasteiger partial charge is 0.227 e. The average Bonchev–Trinajstić information content (AvgIpc) is 3.29. The SMILES string of the molecule is COc1ccc(C)cc1N1CC(C(=O)NCc2nnc3ccccn23)CC1=O. The molecule has 2 amide bonds. The number of carbonyl (C=O) groups is 2. The van der Waals surface area contributed by atoms with Crippen molar-refractivity contribution in [2.45, 2.75) is 19.9 Å². The van der Waals surface area contributed by atoms with Crippen molar-refractivity contribution in [1.29, 1.82) is 0 Å². The van der Waals surface area contributed by atoms with Crippen LogP contribution in [0.15, 0.2) is 42.6 Å². The fourth-order valence-corrected chi connectivity index (χ4v) is 3.45. The van der Waals surface area contributed by atoms with Crippen molar-refractivity contribution in [2.24, 2.45) is 5.92 Å². The summed E-state index contributed by atoms with van der Waals surface area (Å²) in [6, 6.07) is 11.3. The number of aromatic nitrogens is 3. The Morgan fingerprint density at radius 3 is 2.96 bits per heavy atom. The molecule has 0 radical (unpaired) electrons. The van der Waals surface area contributed by atoms with Crippen LogP contribution in [-0.4, -0.2) is 40.1 Å². The molecule has 0 spiro atoms. The fourth-order valence-electron chi connectivity index (χ4n) is 3.45. The predicted octanol–water partition coefficient (Wildman–Crippen LogP) is 1.72. The molecule has 1 saturated heterocycles. The molecule has 8 nitrogen and oxygen atoms in total. The fraction of sp³-hybridized carbons (Fsp3) is 0.300. The summed E-state index contributed by atoms with van der Waals surface area (Å²) in [6.45, 7) is 2.53. The maximum absolute atomic E-state index is 12.6. The summed E-state index contributed by atoms with van der Waals surface area (Å²) in [4.78, 5) is 26.8. The van der Waals surface area contributed by atoms with Crippen molar-refractivity contribution >= 4 is 23.1 Å². The summed E-state index contributed by atoms with van der Waals surface area (Å²) in [5.41, 5.74) is 2.45. The molecule has 1 aromatic carbocycles. The number of methoxy groups -OCH3 is 1. The second-order valence-corrected chi connectivity index (χ2v) is 6.84. The molecule has 144 valence electrons. The van der Waals surface area contributed by atoms with Gasteiger partial charge in [0.25, 0.3) is 0 Å². The number of carbonyl (C=O) groups excluding carboxylic acids is 2. The maximum atomic E-state index is 12.6. The molecule has 0 aliphatic carbocycles. The highest BCUT2D eigenvalue weighted by atomic mass is 16.5. The van der Waals surface area contributed by atoms with Crippen molar-refractivity contribution < 1.29 is 14.3 Å². The number of fused-ring (bicyclic) bond motifs is 1. The van der Waals surface area contributed by atoms with Crippen LogP contribution in [-0.2, 0) is 16.1 Å². The average molecular weight is 379 g/mol. The van der Waals surface area contributed by atoms with E-state index in [1.165, 1.54) is 0 Å².